The van der Waals surface area contributed by atoms with Crippen molar-refractivity contribution in [3.8, 4) is 0 Å². The van der Waals surface area contributed by atoms with E-state index in [9.17, 15) is 0 Å². The Morgan fingerprint density at radius 2 is 1.97 bits per heavy atom. The number of methoxy groups -OCH3 is 1. The predicted molar refractivity (Wildman–Crippen MR) is 123 cm³/mol. The van der Waals surface area contributed by atoms with E-state index in [1.165, 1.54) is 36.1 Å². The van der Waals surface area contributed by atoms with Crippen molar-refractivity contribution in [2.24, 2.45) is 10.4 Å². The number of rotatable bonds is 10. The number of aryl methyl sites for hydroxylation is 1. The summed E-state index contributed by atoms with van der Waals surface area (Å²) in [5.74, 6) is 0.885. The van der Waals surface area contributed by atoms with Gasteiger partial charge in [-0.2, -0.15) is 5.10 Å². The Labute approximate surface area is 181 Å². The van der Waals surface area contributed by atoms with Crippen LogP contribution < -0.4 is 10.6 Å². The van der Waals surface area contributed by atoms with Crippen LogP contribution in [0, 0.1) is 19.3 Å². The van der Waals surface area contributed by atoms with Crippen molar-refractivity contribution in [3.05, 3.63) is 52.8 Å². The fourth-order valence-corrected chi connectivity index (χ4v) is 4.15. The second-order valence-electron chi connectivity index (χ2n) is 8.44. The summed E-state index contributed by atoms with van der Waals surface area (Å²) in [6, 6.07) is 10.5. The standard InChI is InChI=1S/C24H37N5O/c1-5-25-23(27-18-24(12-9-13-24)14-15-30-4)26-16-22-19(2)28-29(20(22)3)17-21-10-7-6-8-11-21/h6-8,10-11H,5,9,12-18H2,1-4H3,(H2,25,26,27). The molecule has 0 spiro atoms. The van der Waals surface area contributed by atoms with Crippen molar-refractivity contribution in [2.75, 3.05) is 26.8 Å². The van der Waals surface area contributed by atoms with E-state index in [0.29, 0.717) is 12.0 Å². The van der Waals surface area contributed by atoms with Gasteiger partial charge in [-0.25, -0.2) is 4.99 Å². The molecule has 2 N–H and O–H groups in total. The van der Waals surface area contributed by atoms with Crippen LogP contribution >= 0.6 is 0 Å². The maximum Gasteiger partial charge on any atom is 0.191 e. The molecular formula is C24H37N5O. The minimum Gasteiger partial charge on any atom is -0.385 e. The average Bonchev–Trinajstić information content (AvgIpc) is 2.98. The van der Waals surface area contributed by atoms with Gasteiger partial charge < -0.3 is 15.4 Å². The van der Waals surface area contributed by atoms with Gasteiger partial charge in [0.1, 0.15) is 0 Å². The predicted octanol–water partition coefficient (Wildman–Crippen LogP) is 3.81. The lowest BCUT2D eigenvalue weighted by molar-refractivity contribution is 0.0732. The molecule has 6 nitrogen and oxygen atoms in total. The number of guanidine groups is 1. The summed E-state index contributed by atoms with van der Waals surface area (Å²) in [4.78, 5) is 4.88. The van der Waals surface area contributed by atoms with E-state index >= 15 is 0 Å². The monoisotopic (exact) mass is 411 g/mol. The molecule has 1 aromatic carbocycles. The fraction of sp³-hybridized carbons (Fsp3) is 0.583. The molecule has 1 aromatic heterocycles. The van der Waals surface area contributed by atoms with Gasteiger partial charge in [-0.1, -0.05) is 36.8 Å². The topological polar surface area (TPSA) is 63.5 Å². The van der Waals surface area contributed by atoms with Crippen LogP contribution in [-0.4, -0.2) is 42.5 Å². The van der Waals surface area contributed by atoms with Crippen LogP contribution in [-0.2, 0) is 17.8 Å². The molecule has 0 bridgehead atoms. The van der Waals surface area contributed by atoms with E-state index in [-0.39, 0.29) is 0 Å². The van der Waals surface area contributed by atoms with Crippen molar-refractivity contribution in [3.63, 3.8) is 0 Å². The normalized spacial score (nSPS) is 15.7. The summed E-state index contributed by atoms with van der Waals surface area (Å²) in [5, 5.41) is 11.7. The van der Waals surface area contributed by atoms with Gasteiger partial charge in [0.05, 0.1) is 18.8 Å². The highest BCUT2D eigenvalue weighted by atomic mass is 16.5. The van der Waals surface area contributed by atoms with Gasteiger partial charge in [-0.05, 0) is 51.0 Å². The van der Waals surface area contributed by atoms with Crippen LogP contribution in [0.5, 0.6) is 0 Å². The number of aromatic nitrogens is 2. The molecule has 0 unspecified atom stereocenters. The lowest BCUT2D eigenvalue weighted by Gasteiger charge is -2.42. The van der Waals surface area contributed by atoms with Crippen molar-refractivity contribution in [1.29, 1.82) is 0 Å². The minimum absolute atomic E-state index is 0.360. The van der Waals surface area contributed by atoms with Gasteiger partial charge in [-0.15, -0.1) is 0 Å². The smallest absolute Gasteiger partial charge is 0.191 e. The Morgan fingerprint density at radius 3 is 2.60 bits per heavy atom. The molecule has 2 aromatic rings. The summed E-state index contributed by atoms with van der Waals surface area (Å²) in [6.07, 6.45) is 4.97. The second-order valence-corrected chi connectivity index (χ2v) is 8.44. The number of hydrogen-bond acceptors (Lipinski definition) is 3. The Bertz CT molecular complexity index is 824. The van der Waals surface area contributed by atoms with Crippen molar-refractivity contribution in [1.82, 2.24) is 20.4 Å². The van der Waals surface area contributed by atoms with Crippen LogP contribution in [0.15, 0.2) is 35.3 Å². The second kappa shape index (κ2) is 10.6. The summed E-state index contributed by atoms with van der Waals surface area (Å²) in [5.41, 5.74) is 5.07. The van der Waals surface area contributed by atoms with Crippen molar-refractivity contribution >= 4 is 5.96 Å². The molecule has 1 saturated carbocycles. The van der Waals surface area contributed by atoms with Crippen molar-refractivity contribution in [2.45, 2.75) is 59.5 Å². The summed E-state index contributed by atoms with van der Waals surface area (Å²) in [7, 11) is 1.79. The third-order valence-corrected chi connectivity index (χ3v) is 6.33. The number of aliphatic imine (C=N–C) groups is 1. The van der Waals surface area contributed by atoms with Gasteiger partial charge in [-0.3, -0.25) is 4.68 Å². The van der Waals surface area contributed by atoms with E-state index in [1.807, 2.05) is 6.07 Å². The zero-order valence-corrected chi connectivity index (χ0v) is 19.0. The molecule has 0 radical (unpaired) electrons. The molecule has 1 aliphatic rings. The number of nitrogens with zero attached hydrogens (tertiary/aromatic N) is 3. The molecule has 1 aliphatic carbocycles. The molecule has 30 heavy (non-hydrogen) atoms. The largest absolute Gasteiger partial charge is 0.385 e. The first kappa shape index (κ1) is 22.3. The van der Waals surface area contributed by atoms with Crippen molar-refractivity contribution < 1.29 is 4.74 Å². The SMILES string of the molecule is CCNC(=NCc1c(C)nn(Cc2ccccc2)c1C)NCC1(CCOC)CCC1. The summed E-state index contributed by atoms with van der Waals surface area (Å²) < 4.78 is 7.41. The zero-order valence-electron chi connectivity index (χ0n) is 19.0. The molecule has 1 heterocycles. The van der Waals surface area contributed by atoms with Crippen LogP contribution in [0.4, 0.5) is 0 Å². The first-order valence-electron chi connectivity index (χ1n) is 11.1. The molecule has 0 saturated heterocycles. The van der Waals surface area contributed by atoms with Crippen LogP contribution in [0.2, 0.25) is 0 Å². The van der Waals surface area contributed by atoms with Gasteiger partial charge in [0, 0.05) is 38.1 Å². The lowest BCUT2D eigenvalue weighted by Crippen LogP contribution is -2.47. The molecule has 164 valence electrons. The van der Waals surface area contributed by atoms with Gasteiger partial charge in [0.15, 0.2) is 5.96 Å². The molecule has 1 fully saturated rings. The maximum absolute atomic E-state index is 5.32. The molecule has 0 amide bonds. The number of benzene rings is 1. The molecule has 6 heteroatoms. The van der Waals surface area contributed by atoms with Crippen LogP contribution in [0.25, 0.3) is 0 Å². The van der Waals surface area contributed by atoms with E-state index < -0.39 is 0 Å². The molecular weight excluding hydrogens is 374 g/mol. The zero-order chi connectivity index (χ0) is 21.4. The Kier molecular flexibility index (Phi) is 7.91. The van der Waals surface area contributed by atoms with Crippen LogP contribution in [0.3, 0.4) is 0 Å². The third kappa shape index (κ3) is 5.63. The Balaban J connectivity index is 1.65. The highest BCUT2D eigenvalue weighted by Gasteiger charge is 2.36. The number of hydrogen-bond donors (Lipinski definition) is 2. The maximum atomic E-state index is 5.32. The Morgan fingerprint density at radius 1 is 1.20 bits per heavy atom. The number of nitrogens with one attached hydrogen (secondary N) is 2. The first-order chi connectivity index (χ1) is 14.6. The molecule has 0 aliphatic heterocycles. The summed E-state index contributed by atoms with van der Waals surface area (Å²) >= 11 is 0. The fourth-order valence-electron chi connectivity index (χ4n) is 4.15. The first-order valence-corrected chi connectivity index (χ1v) is 11.1. The van der Waals surface area contributed by atoms with Gasteiger partial charge >= 0.3 is 0 Å². The molecule has 3 rings (SSSR count). The van der Waals surface area contributed by atoms with Gasteiger partial charge in [0.25, 0.3) is 0 Å². The number of ether oxygens (including phenoxy) is 1. The van der Waals surface area contributed by atoms with E-state index in [4.69, 9.17) is 14.8 Å². The van der Waals surface area contributed by atoms with Gasteiger partial charge in [0.2, 0.25) is 0 Å². The van der Waals surface area contributed by atoms with E-state index in [2.05, 4.69) is 60.4 Å². The van der Waals surface area contributed by atoms with E-state index in [1.54, 1.807) is 7.11 Å². The minimum atomic E-state index is 0.360. The van der Waals surface area contributed by atoms with E-state index in [0.717, 1.165) is 44.3 Å². The highest BCUT2D eigenvalue weighted by Crippen LogP contribution is 2.43. The molecule has 0 atom stereocenters. The lowest BCUT2D eigenvalue weighted by atomic mass is 9.67. The summed E-state index contributed by atoms with van der Waals surface area (Å²) in [6.45, 7) is 10.4. The van der Waals surface area contributed by atoms with Crippen LogP contribution in [0.1, 0.15) is 55.1 Å². The quantitative estimate of drug-likeness (QED) is 0.461. The Hall–Kier alpha value is -2.34. The average molecular weight is 412 g/mol. The highest BCUT2D eigenvalue weighted by molar-refractivity contribution is 5.79. The third-order valence-electron chi connectivity index (χ3n) is 6.33.